The first-order chi connectivity index (χ1) is 28.1. The number of nitrogens with zero attached hydrogens (tertiary/aromatic N) is 6. The number of unbranched alkanes of at least 4 members (excludes halogenated alkanes) is 2. The first-order valence-electron chi connectivity index (χ1n) is 20.7. The number of nitrogens with one attached hydrogen (secondary N) is 3. The number of amides is 5. The van der Waals surface area contributed by atoms with Crippen molar-refractivity contribution in [1.29, 1.82) is 0 Å². The SMILES string of the molecule is Cc1nn(CCCCCC2CCN(c3ccc4c(c3)C(=O)N(C3CCC(=O)NC3=O)C4=O)CC2)c2cc(C(=O)Nc3cc4[nH]c([C@H]5CCCN5C)cc4cn3)ccc12. The highest BCUT2D eigenvalue weighted by Gasteiger charge is 2.45. The Balaban J connectivity index is 0.751. The fourth-order valence-corrected chi connectivity index (χ4v) is 9.45. The molecule has 4 aliphatic rings. The number of aromatic nitrogens is 4. The van der Waals surface area contributed by atoms with E-state index in [1.54, 1.807) is 12.1 Å². The van der Waals surface area contributed by atoms with E-state index in [4.69, 9.17) is 5.10 Å². The van der Waals surface area contributed by atoms with Crippen molar-refractivity contribution in [3.8, 4) is 0 Å². The topological polar surface area (TPSA) is 166 Å². The maximum atomic E-state index is 13.4. The number of anilines is 2. The van der Waals surface area contributed by atoms with Crippen LogP contribution in [0.25, 0.3) is 21.8 Å². The molecular weight excluding hydrogens is 735 g/mol. The number of hydrogen-bond donors (Lipinski definition) is 3. The molecule has 0 spiro atoms. The monoisotopic (exact) mass is 783 g/mol. The van der Waals surface area contributed by atoms with Crippen LogP contribution in [0.4, 0.5) is 11.5 Å². The van der Waals surface area contributed by atoms with Crippen LogP contribution in [0.3, 0.4) is 0 Å². The molecule has 1 unspecified atom stereocenters. The molecule has 4 aliphatic heterocycles. The van der Waals surface area contributed by atoms with Crippen LogP contribution in [-0.2, 0) is 16.1 Å². The summed E-state index contributed by atoms with van der Waals surface area (Å²) >= 11 is 0. The molecule has 9 rings (SSSR count). The van der Waals surface area contributed by atoms with Gasteiger partial charge in [0, 0.05) is 72.1 Å². The molecular formula is C44H49N9O5. The smallest absolute Gasteiger partial charge is 0.262 e. The summed E-state index contributed by atoms with van der Waals surface area (Å²) in [5.41, 5.74) is 6.14. The number of aryl methyl sites for hydroxylation is 2. The average molecular weight is 784 g/mol. The number of pyridine rings is 1. The molecule has 2 atom stereocenters. The molecule has 2 aromatic carbocycles. The van der Waals surface area contributed by atoms with Crippen LogP contribution in [0.5, 0.6) is 0 Å². The van der Waals surface area contributed by atoms with Gasteiger partial charge in [-0.1, -0.05) is 25.3 Å². The van der Waals surface area contributed by atoms with E-state index in [1.165, 1.54) is 12.1 Å². The lowest BCUT2D eigenvalue weighted by atomic mass is 9.91. The van der Waals surface area contributed by atoms with Crippen molar-refractivity contribution in [2.24, 2.45) is 5.92 Å². The van der Waals surface area contributed by atoms with Crippen molar-refractivity contribution in [2.75, 3.05) is 36.9 Å². The second-order valence-electron chi connectivity index (χ2n) is 16.5. The van der Waals surface area contributed by atoms with Gasteiger partial charge in [0.25, 0.3) is 17.7 Å². The summed E-state index contributed by atoms with van der Waals surface area (Å²) in [6.07, 6.45) is 10.8. The molecule has 3 saturated heterocycles. The highest BCUT2D eigenvalue weighted by Crippen LogP contribution is 2.34. The second-order valence-corrected chi connectivity index (χ2v) is 16.5. The highest BCUT2D eigenvalue weighted by atomic mass is 16.2. The largest absolute Gasteiger partial charge is 0.371 e. The molecule has 14 nitrogen and oxygen atoms in total. The predicted molar refractivity (Wildman–Crippen MR) is 220 cm³/mol. The second kappa shape index (κ2) is 15.5. The fourth-order valence-electron chi connectivity index (χ4n) is 9.45. The van der Waals surface area contributed by atoms with Crippen LogP contribution >= 0.6 is 0 Å². The number of piperidine rings is 2. The van der Waals surface area contributed by atoms with Gasteiger partial charge in [-0.2, -0.15) is 5.10 Å². The number of carbonyl (C=O) groups is 5. The molecule has 3 aromatic heterocycles. The molecule has 5 aromatic rings. The van der Waals surface area contributed by atoms with Crippen LogP contribution in [-0.4, -0.2) is 91.8 Å². The molecule has 0 radical (unpaired) electrons. The first kappa shape index (κ1) is 37.7. The normalized spacial score (nSPS) is 20.4. The Kier molecular flexibility index (Phi) is 10.0. The lowest BCUT2D eigenvalue weighted by Gasteiger charge is -2.34. The van der Waals surface area contributed by atoms with Gasteiger partial charge in [-0.25, -0.2) is 4.98 Å². The van der Waals surface area contributed by atoms with Gasteiger partial charge in [-0.15, -0.1) is 0 Å². The molecule has 3 fully saturated rings. The van der Waals surface area contributed by atoms with Crippen LogP contribution in [0.2, 0.25) is 0 Å². The zero-order chi connectivity index (χ0) is 40.1. The lowest BCUT2D eigenvalue weighted by molar-refractivity contribution is -0.136. The van der Waals surface area contributed by atoms with Gasteiger partial charge in [-0.05, 0) is 101 Å². The van der Waals surface area contributed by atoms with Crippen molar-refractivity contribution in [2.45, 2.75) is 89.8 Å². The molecule has 300 valence electrons. The van der Waals surface area contributed by atoms with Gasteiger partial charge in [0.05, 0.1) is 27.9 Å². The number of hydrogen-bond acceptors (Lipinski definition) is 9. The van der Waals surface area contributed by atoms with E-state index >= 15 is 0 Å². The van der Waals surface area contributed by atoms with E-state index in [0.717, 1.165) is 109 Å². The summed E-state index contributed by atoms with van der Waals surface area (Å²) < 4.78 is 2.03. The van der Waals surface area contributed by atoms with Crippen molar-refractivity contribution in [3.63, 3.8) is 0 Å². The standard InChI is InChI=1S/C44H49N9O5/c1-26-31-11-9-28(41(55)47-39-24-34-29(25-45-39)21-35(46-34)36-8-6-17-50(36)2)22-38(31)52(49-26)18-5-3-4-7-27-15-19-51(20-16-27)30-10-12-32-33(23-30)44(58)53(43(32)57)37-13-14-40(54)48-42(37)56/h9-12,21-25,27,36-37,46H,3-8,13-20H2,1-2H3,(H,45,47,55)(H,48,54,56)/t36-,37?/m1/s1. The summed E-state index contributed by atoms with van der Waals surface area (Å²) in [6, 6.07) is 14.6. The predicted octanol–water partition coefficient (Wildman–Crippen LogP) is 6.12. The van der Waals surface area contributed by atoms with Crippen LogP contribution in [0, 0.1) is 12.8 Å². The zero-order valence-electron chi connectivity index (χ0n) is 33.1. The Bertz CT molecular complexity index is 2460. The van der Waals surface area contributed by atoms with Gasteiger partial charge in [0.1, 0.15) is 11.9 Å². The van der Waals surface area contributed by atoms with Gasteiger partial charge in [0.15, 0.2) is 0 Å². The summed E-state index contributed by atoms with van der Waals surface area (Å²) in [7, 11) is 2.16. The number of likely N-dealkylation sites (tertiary alicyclic amines) is 1. The quantitative estimate of drug-likeness (QED) is 0.106. The fraction of sp³-hybridized carbons (Fsp3) is 0.432. The molecule has 5 amide bonds. The number of H-pyrrole nitrogens is 1. The Labute approximate surface area is 336 Å². The van der Waals surface area contributed by atoms with Crippen LogP contribution in [0.15, 0.2) is 54.7 Å². The van der Waals surface area contributed by atoms with Crippen LogP contribution < -0.4 is 15.5 Å². The van der Waals surface area contributed by atoms with E-state index in [-0.39, 0.29) is 24.7 Å². The number of benzene rings is 2. The summed E-state index contributed by atoms with van der Waals surface area (Å²) in [5, 5.41) is 12.2. The minimum atomic E-state index is -0.966. The van der Waals surface area contributed by atoms with Gasteiger partial charge in [-0.3, -0.25) is 43.8 Å². The maximum absolute atomic E-state index is 13.4. The van der Waals surface area contributed by atoms with E-state index in [2.05, 4.69) is 43.5 Å². The molecule has 0 saturated carbocycles. The number of imide groups is 2. The molecule has 0 aliphatic carbocycles. The molecule has 58 heavy (non-hydrogen) atoms. The number of fused-ring (bicyclic) bond motifs is 3. The average Bonchev–Trinajstić information content (AvgIpc) is 3.98. The van der Waals surface area contributed by atoms with Gasteiger partial charge in [0.2, 0.25) is 11.8 Å². The minimum Gasteiger partial charge on any atom is -0.371 e. The van der Waals surface area contributed by atoms with Crippen molar-refractivity contribution < 1.29 is 24.0 Å². The maximum Gasteiger partial charge on any atom is 0.262 e. The van der Waals surface area contributed by atoms with Crippen molar-refractivity contribution >= 4 is 62.8 Å². The molecule has 0 bridgehead atoms. The lowest BCUT2D eigenvalue weighted by Crippen LogP contribution is -2.54. The molecule has 14 heteroatoms. The van der Waals surface area contributed by atoms with Crippen LogP contribution in [0.1, 0.15) is 113 Å². The summed E-state index contributed by atoms with van der Waals surface area (Å²) in [5.74, 6) is -1.02. The minimum absolute atomic E-state index is 0.0966. The number of aromatic amines is 1. The van der Waals surface area contributed by atoms with E-state index < -0.39 is 23.8 Å². The molecule has 3 N–H and O–H groups in total. The van der Waals surface area contributed by atoms with E-state index in [0.29, 0.717) is 34.5 Å². The molecule has 7 heterocycles. The van der Waals surface area contributed by atoms with Gasteiger partial charge >= 0.3 is 0 Å². The third-order valence-electron chi connectivity index (χ3n) is 12.7. The Morgan fingerprint density at radius 1 is 0.879 bits per heavy atom. The summed E-state index contributed by atoms with van der Waals surface area (Å²) in [6.45, 7) is 5.62. The third kappa shape index (κ3) is 7.14. The highest BCUT2D eigenvalue weighted by molar-refractivity contribution is 6.23. The van der Waals surface area contributed by atoms with E-state index in [9.17, 15) is 24.0 Å². The van der Waals surface area contributed by atoms with Crippen molar-refractivity contribution in [3.05, 3.63) is 82.8 Å². The van der Waals surface area contributed by atoms with E-state index in [1.807, 2.05) is 48.1 Å². The Morgan fingerprint density at radius 2 is 1.71 bits per heavy atom. The zero-order valence-corrected chi connectivity index (χ0v) is 33.1. The van der Waals surface area contributed by atoms with Crippen molar-refractivity contribution in [1.82, 2.24) is 34.9 Å². The first-order valence-corrected chi connectivity index (χ1v) is 20.7. The van der Waals surface area contributed by atoms with Gasteiger partial charge < -0.3 is 15.2 Å². The number of rotatable bonds is 11. The Hall–Kier alpha value is -5.89. The summed E-state index contributed by atoms with van der Waals surface area (Å²) in [4.78, 5) is 77.6. The Morgan fingerprint density at radius 3 is 2.50 bits per heavy atom. The number of carbonyl (C=O) groups excluding carboxylic acids is 5. The third-order valence-corrected chi connectivity index (χ3v) is 12.7.